The summed E-state index contributed by atoms with van der Waals surface area (Å²) in [5.41, 5.74) is 3.91. The third-order valence-corrected chi connectivity index (χ3v) is 3.54. The number of benzene rings is 1. The summed E-state index contributed by atoms with van der Waals surface area (Å²) in [4.78, 5) is 18.3. The van der Waals surface area contributed by atoms with Crippen LogP contribution in [0.5, 0.6) is 0 Å². The molecule has 1 heterocycles. The molecule has 1 aliphatic heterocycles. The lowest BCUT2D eigenvalue weighted by atomic mass is 9.99. The summed E-state index contributed by atoms with van der Waals surface area (Å²) in [5, 5.41) is 0. The van der Waals surface area contributed by atoms with Crippen molar-refractivity contribution >= 4 is 17.3 Å². The number of hydrogen-bond donors (Lipinski definition) is 0. The first-order valence-electron chi connectivity index (χ1n) is 6.71. The molecule has 0 aromatic heterocycles. The Balaban J connectivity index is 2.13. The number of amides is 1. The van der Waals surface area contributed by atoms with E-state index in [4.69, 9.17) is 0 Å². The molecule has 3 rings (SSSR count). The number of aliphatic imine (C=N–C) groups is 1. The maximum atomic E-state index is 12.0. The Bertz CT molecular complexity index is 665. The van der Waals surface area contributed by atoms with Crippen molar-refractivity contribution in [1.82, 2.24) is 0 Å². The average Bonchev–Trinajstić information content (AvgIpc) is 2.81. The molecule has 0 saturated heterocycles. The van der Waals surface area contributed by atoms with Gasteiger partial charge in [-0.05, 0) is 18.1 Å². The van der Waals surface area contributed by atoms with E-state index < -0.39 is 0 Å². The molecule has 0 fully saturated rings. The van der Waals surface area contributed by atoms with Gasteiger partial charge in [-0.3, -0.25) is 9.79 Å². The van der Waals surface area contributed by atoms with Crippen LogP contribution in [0.3, 0.4) is 0 Å². The third kappa shape index (κ3) is 2.23. The van der Waals surface area contributed by atoms with Gasteiger partial charge in [0.05, 0.1) is 11.4 Å². The molecule has 0 unspecified atom stereocenters. The van der Waals surface area contributed by atoms with Crippen LogP contribution in [-0.2, 0) is 4.79 Å². The van der Waals surface area contributed by atoms with Crippen molar-refractivity contribution in [3.63, 3.8) is 0 Å². The SMILES string of the molecule is CN1C(=O)CN=C(C2=CCC=CC=C2)c2ccccc21. The predicted octanol–water partition coefficient (Wildman–Crippen LogP) is 2.89. The zero-order valence-corrected chi connectivity index (χ0v) is 11.4. The van der Waals surface area contributed by atoms with Crippen LogP contribution in [0, 0.1) is 0 Å². The largest absolute Gasteiger partial charge is 0.313 e. The van der Waals surface area contributed by atoms with E-state index in [1.807, 2.05) is 36.4 Å². The van der Waals surface area contributed by atoms with Crippen molar-refractivity contribution in [2.45, 2.75) is 6.42 Å². The number of fused-ring (bicyclic) bond motifs is 1. The van der Waals surface area contributed by atoms with Crippen LogP contribution in [0.1, 0.15) is 12.0 Å². The topological polar surface area (TPSA) is 32.7 Å². The van der Waals surface area contributed by atoms with Gasteiger partial charge in [0.2, 0.25) is 5.91 Å². The number of hydrogen-bond acceptors (Lipinski definition) is 2. The van der Waals surface area contributed by atoms with Crippen LogP contribution >= 0.6 is 0 Å². The van der Waals surface area contributed by atoms with Crippen molar-refractivity contribution < 1.29 is 4.79 Å². The number of carbonyl (C=O) groups is 1. The minimum atomic E-state index is 0.0174. The molecule has 0 radical (unpaired) electrons. The van der Waals surface area contributed by atoms with Crippen LogP contribution in [0.15, 0.2) is 65.2 Å². The maximum absolute atomic E-state index is 12.0. The molecule has 1 amide bonds. The molecule has 0 bridgehead atoms. The summed E-state index contributed by atoms with van der Waals surface area (Å²) >= 11 is 0. The third-order valence-electron chi connectivity index (χ3n) is 3.54. The van der Waals surface area contributed by atoms with Crippen LogP contribution in [0.2, 0.25) is 0 Å². The lowest BCUT2D eigenvalue weighted by Crippen LogP contribution is -2.27. The highest BCUT2D eigenvalue weighted by molar-refractivity contribution is 6.20. The fraction of sp³-hybridized carbons (Fsp3) is 0.176. The van der Waals surface area contributed by atoms with Crippen LogP contribution in [0.4, 0.5) is 5.69 Å². The van der Waals surface area contributed by atoms with Gasteiger partial charge in [-0.2, -0.15) is 0 Å². The standard InChI is InChI=1S/C17H16N2O/c1-19-15-11-7-6-10-14(15)17(18-12-16(19)20)13-8-4-2-3-5-9-13/h2-4,6-11H,5,12H2,1H3. The van der Waals surface area contributed by atoms with Gasteiger partial charge in [0, 0.05) is 12.6 Å². The summed E-state index contributed by atoms with van der Waals surface area (Å²) in [6.07, 6.45) is 11.2. The van der Waals surface area contributed by atoms with Gasteiger partial charge >= 0.3 is 0 Å². The second-order valence-corrected chi connectivity index (χ2v) is 4.82. The highest BCUT2D eigenvalue weighted by Gasteiger charge is 2.22. The number of carbonyl (C=O) groups excluding carboxylic acids is 1. The molecule has 3 heteroatoms. The number of nitrogens with zero attached hydrogens (tertiary/aromatic N) is 2. The van der Waals surface area contributed by atoms with E-state index in [1.165, 1.54) is 0 Å². The van der Waals surface area contributed by atoms with E-state index in [-0.39, 0.29) is 12.5 Å². The fourth-order valence-electron chi connectivity index (χ4n) is 2.44. The molecule has 0 spiro atoms. The van der Waals surface area contributed by atoms with E-state index in [9.17, 15) is 4.79 Å². The Morgan fingerprint density at radius 1 is 1.20 bits per heavy atom. The zero-order valence-electron chi connectivity index (χ0n) is 11.4. The van der Waals surface area contributed by atoms with Crippen molar-refractivity contribution in [3.05, 3.63) is 65.8 Å². The van der Waals surface area contributed by atoms with Gasteiger partial charge < -0.3 is 4.90 Å². The van der Waals surface area contributed by atoms with Crippen LogP contribution in [-0.4, -0.2) is 25.2 Å². The monoisotopic (exact) mass is 264 g/mol. The first kappa shape index (κ1) is 12.6. The first-order chi connectivity index (χ1) is 9.77. The number of benzodiazepines with no additional fused rings is 1. The lowest BCUT2D eigenvalue weighted by molar-refractivity contribution is -0.116. The van der Waals surface area contributed by atoms with Gasteiger partial charge in [0.15, 0.2) is 0 Å². The Morgan fingerprint density at radius 3 is 2.95 bits per heavy atom. The molecular weight excluding hydrogens is 248 g/mol. The molecule has 1 aromatic rings. The number of rotatable bonds is 1. The Hall–Kier alpha value is -2.42. The van der Waals surface area contributed by atoms with Crippen molar-refractivity contribution in [2.75, 3.05) is 18.5 Å². The average molecular weight is 264 g/mol. The fourth-order valence-corrected chi connectivity index (χ4v) is 2.44. The molecule has 1 aliphatic carbocycles. The van der Waals surface area contributed by atoms with Crippen molar-refractivity contribution in [2.24, 2.45) is 4.99 Å². The van der Waals surface area contributed by atoms with E-state index in [0.717, 1.165) is 29.0 Å². The van der Waals surface area contributed by atoms with Crippen molar-refractivity contribution in [1.29, 1.82) is 0 Å². The molecule has 0 N–H and O–H groups in total. The molecule has 2 aliphatic rings. The van der Waals surface area contributed by atoms with E-state index in [0.29, 0.717) is 0 Å². The Morgan fingerprint density at radius 2 is 2.05 bits per heavy atom. The summed E-state index contributed by atoms with van der Waals surface area (Å²) < 4.78 is 0. The second kappa shape index (κ2) is 5.29. The van der Waals surface area contributed by atoms with Crippen molar-refractivity contribution in [3.8, 4) is 0 Å². The Labute approximate surface area is 118 Å². The van der Waals surface area contributed by atoms with Crippen LogP contribution < -0.4 is 4.90 Å². The molecular formula is C17H16N2O. The first-order valence-corrected chi connectivity index (χ1v) is 6.71. The highest BCUT2D eigenvalue weighted by atomic mass is 16.2. The molecule has 1 aromatic carbocycles. The minimum Gasteiger partial charge on any atom is -0.313 e. The molecule has 100 valence electrons. The van der Waals surface area contributed by atoms with E-state index >= 15 is 0 Å². The van der Waals surface area contributed by atoms with Gasteiger partial charge in [-0.15, -0.1) is 0 Å². The zero-order chi connectivity index (χ0) is 13.9. The normalized spacial score (nSPS) is 18.1. The lowest BCUT2D eigenvalue weighted by Gasteiger charge is -2.17. The maximum Gasteiger partial charge on any atom is 0.248 e. The Kier molecular flexibility index (Phi) is 3.33. The number of allylic oxidation sites excluding steroid dienone is 6. The quantitative estimate of drug-likeness (QED) is 0.767. The van der Waals surface area contributed by atoms with E-state index in [1.54, 1.807) is 11.9 Å². The molecule has 0 saturated carbocycles. The van der Waals surface area contributed by atoms with Gasteiger partial charge in [0.1, 0.15) is 6.54 Å². The smallest absolute Gasteiger partial charge is 0.248 e. The number of para-hydroxylation sites is 1. The number of likely N-dealkylation sites (N-methyl/N-ethyl adjacent to an activating group) is 1. The predicted molar refractivity (Wildman–Crippen MR) is 82.2 cm³/mol. The highest BCUT2D eigenvalue weighted by Crippen LogP contribution is 2.26. The molecule has 20 heavy (non-hydrogen) atoms. The molecule has 3 nitrogen and oxygen atoms in total. The van der Waals surface area contributed by atoms with Crippen LogP contribution in [0.25, 0.3) is 0 Å². The van der Waals surface area contributed by atoms with Gasteiger partial charge in [0.25, 0.3) is 0 Å². The summed E-state index contributed by atoms with van der Waals surface area (Å²) in [6.45, 7) is 0.194. The van der Waals surface area contributed by atoms with E-state index in [2.05, 4.69) is 23.2 Å². The summed E-state index contributed by atoms with van der Waals surface area (Å²) in [6, 6.07) is 7.92. The summed E-state index contributed by atoms with van der Waals surface area (Å²) in [7, 11) is 1.80. The van der Waals surface area contributed by atoms with Gasteiger partial charge in [-0.25, -0.2) is 0 Å². The second-order valence-electron chi connectivity index (χ2n) is 4.82. The summed E-state index contributed by atoms with van der Waals surface area (Å²) in [5.74, 6) is 0.0174. The van der Waals surface area contributed by atoms with Gasteiger partial charge in [-0.1, -0.05) is 48.6 Å². The molecule has 0 atom stereocenters. The number of anilines is 1. The minimum absolute atomic E-state index is 0.0174.